The summed E-state index contributed by atoms with van der Waals surface area (Å²) in [7, 11) is 0. The van der Waals surface area contributed by atoms with Crippen molar-refractivity contribution in [2.45, 2.75) is 0 Å². The van der Waals surface area contributed by atoms with Crippen LogP contribution >= 0.6 is 15.9 Å². The molecule has 1 aromatic carbocycles. The molecule has 0 N–H and O–H groups in total. The summed E-state index contributed by atoms with van der Waals surface area (Å²) in [5, 5.41) is 0. The van der Waals surface area contributed by atoms with Crippen molar-refractivity contribution in [1.29, 1.82) is 0 Å². The van der Waals surface area contributed by atoms with Crippen LogP contribution in [0.2, 0.25) is 0 Å². The van der Waals surface area contributed by atoms with Crippen molar-refractivity contribution in [2.24, 2.45) is 0 Å². The maximum absolute atomic E-state index is 4.50. The second-order valence-corrected chi connectivity index (χ2v) is 2.82. The summed E-state index contributed by atoms with van der Waals surface area (Å²) in [6.45, 7) is 2.00. The number of rotatable bonds is 0. The van der Waals surface area contributed by atoms with E-state index in [1.165, 1.54) is 0 Å². The summed E-state index contributed by atoms with van der Waals surface area (Å²) >= 11 is 3.31. The molecule has 1 saturated heterocycles. The zero-order chi connectivity index (χ0) is 7.23. The van der Waals surface area contributed by atoms with E-state index in [1.807, 2.05) is 30.3 Å². The third-order valence-electron chi connectivity index (χ3n) is 0.937. The van der Waals surface area contributed by atoms with Crippen LogP contribution in [0.4, 0.5) is 0 Å². The Balaban J connectivity index is 0.000000138. The minimum Gasteiger partial charge on any atom is -0.377 e. The van der Waals surface area contributed by atoms with E-state index in [0.717, 1.165) is 17.7 Å². The van der Waals surface area contributed by atoms with E-state index in [9.17, 15) is 0 Å². The monoisotopic (exact) mass is 200 g/mol. The van der Waals surface area contributed by atoms with Gasteiger partial charge in [0.1, 0.15) is 0 Å². The molecule has 0 bridgehead atoms. The predicted molar refractivity (Wildman–Crippen MR) is 45.0 cm³/mol. The molecule has 1 aliphatic rings. The molecule has 0 spiro atoms. The molecule has 1 aliphatic heterocycles. The molecule has 0 atom stereocenters. The molecule has 2 rings (SSSR count). The first-order valence-corrected chi connectivity index (χ1v) is 3.97. The average Bonchev–Trinajstić information content (AvgIpc) is 2.73. The lowest BCUT2D eigenvalue weighted by molar-refractivity contribution is 0.475. The fraction of sp³-hybridized carbons (Fsp3) is 0.250. The maximum atomic E-state index is 4.50. The zero-order valence-corrected chi connectivity index (χ0v) is 7.17. The van der Waals surface area contributed by atoms with Gasteiger partial charge in [0.05, 0.1) is 13.2 Å². The first kappa shape index (κ1) is 7.76. The van der Waals surface area contributed by atoms with Crippen molar-refractivity contribution in [3.05, 3.63) is 34.8 Å². The normalized spacial score (nSPS) is 13.3. The van der Waals surface area contributed by atoms with E-state index in [-0.39, 0.29) is 0 Å². The Kier molecular flexibility index (Phi) is 3.47. The smallest absolute Gasteiger partial charge is 0.0701 e. The molecular formula is C8H9BrO. The van der Waals surface area contributed by atoms with Crippen LogP contribution in [0.5, 0.6) is 0 Å². The number of hydrogen-bond donors (Lipinski definition) is 0. The van der Waals surface area contributed by atoms with Crippen LogP contribution in [0.1, 0.15) is 0 Å². The first-order valence-electron chi connectivity index (χ1n) is 3.18. The highest BCUT2D eigenvalue weighted by Crippen LogP contribution is 2.05. The van der Waals surface area contributed by atoms with Gasteiger partial charge in [-0.3, -0.25) is 0 Å². The molecule has 0 saturated carbocycles. The largest absolute Gasteiger partial charge is 0.377 e. The lowest BCUT2D eigenvalue weighted by Crippen LogP contribution is -1.55. The van der Waals surface area contributed by atoms with Crippen molar-refractivity contribution in [2.75, 3.05) is 13.2 Å². The van der Waals surface area contributed by atoms with Crippen LogP contribution in [0, 0.1) is 0 Å². The molecule has 1 nitrogen and oxygen atoms in total. The van der Waals surface area contributed by atoms with Gasteiger partial charge in [-0.05, 0) is 12.1 Å². The minimum atomic E-state index is 1.00. The van der Waals surface area contributed by atoms with Crippen molar-refractivity contribution in [1.82, 2.24) is 0 Å². The van der Waals surface area contributed by atoms with E-state index in [0.29, 0.717) is 0 Å². The summed E-state index contributed by atoms with van der Waals surface area (Å²) in [6.07, 6.45) is 0. The summed E-state index contributed by atoms with van der Waals surface area (Å²) < 4.78 is 5.63. The van der Waals surface area contributed by atoms with E-state index in [4.69, 9.17) is 0 Å². The van der Waals surface area contributed by atoms with Gasteiger partial charge in [0, 0.05) is 4.47 Å². The van der Waals surface area contributed by atoms with Gasteiger partial charge in [-0.15, -0.1) is 0 Å². The Hall–Kier alpha value is -0.340. The van der Waals surface area contributed by atoms with Gasteiger partial charge in [-0.1, -0.05) is 34.1 Å². The van der Waals surface area contributed by atoms with Crippen LogP contribution in [0.25, 0.3) is 0 Å². The Bertz CT molecular complexity index is 169. The summed E-state index contributed by atoms with van der Waals surface area (Å²) in [6, 6.07) is 9.97. The van der Waals surface area contributed by atoms with Crippen molar-refractivity contribution >= 4 is 15.9 Å². The second kappa shape index (κ2) is 4.47. The molecule has 54 valence electrons. The Labute approximate surface area is 69.1 Å². The topological polar surface area (TPSA) is 12.5 Å². The Morgan fingerprint density at radius 2 is 1.60 bits per heavy atom. The molecule has 1 aromatic rings. The lowest BCUT2D eigenvalue weighted by Gasteiger charge is -1.80. The highest BCUT2D eigenvalue weighted by atomic mass is 79.9. The van der Waals surface area contributed by atoms with Crippen molar-refractivity contribution in [3.8, 4) is 0 Å². The second-order valence-electron chi connectivity index (χ2n) is 1.91. The van der Waals surface area contributed by atoms with Gasteiger partial charge < -0.3 is 4.74 Å². The number of ether oxygens (including phenoxy) is 1. The molecule has 10 heavy (non-hydrogen) atoms. The molecule has 0 aliphatic carbocycles. The molecule has 0 unspecified atom stereocenters. The van der Waals surface area contributed by atoms with Crippen LogP contribution < -0.4 is 0 Å². The van der Waals surface area contributed by atoms with E-state index >= 15 is 0 Å². The van der Waals surface area contributed by atoms with Gasteiger partial charge in [0.25, 0.3) is 0 Å². The van der Waals surface area contributed by atoms with Crippen LogP contribution in [0.3, 0.4) is 0 Å². The van der Waals surface area contributed by atoms with Gasteiger partial charge in [-0.25, -0.2) is 0 Å². The van der Waals surface area contributed by atoms with Gasteiger partial charge in [0.15, 0.2) is 0 Å². The summed E-state index contributed by atoms with van der Waals surface area (Å²) in [4.78, 5) is 0. The lowest BCUT2D eigenvalue weighted by atomic mass is 10.4. The van der Waals surface area contributed by atoms with Gasteiger partial charge >= 0.3 is 0 Å². The SMILES string of the molecule is Brc1ccccc1.C1CO1. The zero-order valence-electron chi connectivity index (χ0n) is 5.59. The number of halogens is 1. The fourth-order valence-electron chi connectivity index (χ4n) is 0.415. The third-order valence-corrected chi connectivity index (χ3v) is 1.47. The van der Waals surface area contributed by atoms with Crippen LogP contribution in [0.15, 0.2) is 34.8 Å². The highest BCUT2D eigenvalue weighted by Gasteiger charge is 1.94. The first-order chi connectivity index (χ1) is 4.89. The third kappa shape index (κ3) is 4.53. The molecule has 2 heteroatoms. The van der Waals surface area contributed by atoms with Gasteiger partial charge in [-0.2, -0.15) is 0 Å². The predicted octanol–water partition coefficient (Wildman–Crippen LogP) is 2.47. The summed E-state index contributed by atoms with van der Waals surface area (Å²) in [5.41, 5.74) is 0. The quantitative estimate of drug-likeness (QED) is 0.587. The van der Waals surface area contributed by atoms with Crippen LogP contribution in [-0.4, -0.2) is 13.2 Å². The van der Waals surface area contributed by atoms with E-state index in [1.54, 1.807) is 0 Å². The molecular weight excluding hydrogens is 192 g/mol. The Morgan fingerprint density at radius 1 is 1.10 bits per heavy atom. The molecule has 1 heterocycles. The molecule has 0 amide bonds. The number of epoxide rings is 1. The number of hydrogen-bond acceptors (Lipinski definition) is 1. The van der Waals surface area contributed by atoms with Crippen molar-refractivity contribution < 1.29 is 4.74 Å². The van der Waals surface area contributed by atoms with Gasteiger partial charge in [0.2, 0.25) is 0 Å². The Morgan fingerprint density at radius 3 is 1.80 bits per heavy atom. The van der Waals surface area contributed by atoms with Crippen LogP contribution in [-0.2, 0) is 4.74 Å². The molecule has 0 radical (unpaired) electrons. The summed E-state index contributed by atoms with van der Waals surface area (Å²) in [5.74, 6) is 0. The molecule has 0 aromatic heterocycles. The standard InChI is InChI=1S/C6H5Br.C2H4O/c7-6-4-2-1-3-5-6;1-2-3-1/h1-5H;1-2H2. The van der Waals surface area contributed by atoms with E-state index < -0.39 is 0 Å². The van der Waals surface area contributed by atoms with Crippen molar-refractivity contribution in [3.63, 3.8) is 0 Å². The average molecular weight is 201 g/mol. The molecule has 1 fully saturated rings. The minimum absolute atomic E-state index is 1.00. The number of benzene rings is 1. The van der Waals surface area contributed by atoms with E-state index in [2.05, 4.69) is 20.7 Å². The fourth-order valence-corrected chi connectivity index (χ4v) is 0.720. The maximum Gasteiger partial charge on any atom is 0.0701 e. The highest BCUT2D eigenvalue weighted by molar-refractivity contribution is 9.10.